The third-order valence-corrected chi connectivity index (χ3v) is 10.4. The molecule has 4 heterocycles. The monoisotopic (exact) mass is 649 g/mol. The van der Waals surface area contributed by atoms with E-state index in [1.165, 1.54) is 23.2 Å². The normalized spacial score (nSPS) is 25.7. The van der Waals surface area contributed by atoms with Crippen molar-refractivity contribution in [1.82, 2.24) is 24.6 Å². The minimum absolute atomic E-state index is 0.00456. The first-order valence-electron chi connectivity index (χ1n) is 16.9. The molecule has 1 aliphatic carbocycles. The highest BCUT2D eigenvalue weighted by molar-refractivity contribution is 6.08. The van der Waals surface area contributed by atoms with E-state index in [4.69, 9.17) is 4.74 Å². The molecule has 3 atom stereocenters. The summed E-state index contributed by atoms with van der Waals surface area (Å²) in [5, 5.41) is 10.4. The van der Waals surface area contributed by atoms with Crippen molar-refractivity contribution in [2.45, 2.75) is 57.2 Å². The number of allylic oxidation sites excluding steroid dienone is 7. The largest absolute Gasteiger partial charge is 0.504 e. The smallest absolute Gasteiger partial charge is 0.327 e. The summed E-state index contributed by atoms with van der Waals surface area (Å²) in [5.41, 5.74) is 5.69. The van der Waals surface area contributed by atoms with Crippen LogP contribution < -0.4 is 4.74 Å². The fourth-order valence-electron chi connectivity index (χ4n) is 8.22. The zero-order chi connectivity index (χ0) is 34.0. The number of aromatic nitrogens is 1. The highest BCUT2D eigenvalue weighted by Crippen LogP contribution is 2.51. The molecule has 1 aromatic carbocycles. The molecule has 4 aliphatic rings. The summed E-state index contributed by atoms with van der Waals surface area (Å²) < 4.78 is 5.24. The molecule has 0 radical (unpaired) electrons. The van der Waals surface area contributed by atoms with Crippen LogP contribution in [0.15, 0.2) is 102 Å². The number of aromatic hydroxyl groups is 1. The molecule has 48 heavy (non-hydrogen) atoms. The van der Waals surface area contributed by atoms with Crippen molar-refractivity contribution in [2.75, 3.05) is 40.8 Å². The van der Waals surface area contributed by atoms with Gasteiger partial charge in [0.15, 0.2) is 11.5 Å². The van der Waals surface area contributed by atoms with Gasteiger partial charge in [-0.2, -0.15) is 0 Å². The van der Waals surface area contributed by atoms with Gasteiger partial charge in [-0.3, -0.25) is 19.6 Å². The molecule has 0 saturated carbocycles. The standard InChI is InChI=1S/C39H47N5O4/c1-6-29(32-11-9-8-10-12-33(32)34(7-2)41(3)4)22-31-23-30-25-42(24-28-13-14-36(48-5)35(45)21-28)26-39(30)37(46)43(38(47)44(31)39)20-17-27-15-18-40-19-16-27/h7,9-16,18-19,21,30-31,45H,2,6,8,17,20,22-26H2,1,3-5H3/b32-29+,34-33+/t30-,31?,39+/m1/s1. The molecule has 2 aromatic rings. The summed E-state index contributed by atoms with van der Waals surface area (Å²) in [6, 6.07) is 9.02. The minimum Gasteiger partial charge on any atom is -0.504 e. The van der Waals surface area contributed by atoms with Crippen molar-refractivity contribution in [1.29, 1.82) is 0 Å². The number of methoxy groups -OCH3 is 1. The van der Waals surface area contributed by atoms with E-state index < -0.39 is 5.54 Å². The molecule has 252 valence electrons. The summed E-state index contributed by atoms with van der Waals surface area (Å²) in [5.74, 6) is 0.437. The summed E-state index contributed by atoms with van der Waals surface area (Å²) in [7, 11) is 5.60. The number of rotatable bonds is 11. The Morgan fingerprint density at radius 2 is 1.88 bits per heavy atom. The number of urea groups is 1. The van der Waals surface area contributed by atoms with Gasteiger partial charge in [0.05, 0.1) is 7.11 Å². The zero-order valence-electron chi connectivity index (χ0n) is 28.6. The van der Waals surface area contributed by atoms with Gasteiger partial charge in [0, 0.05) is 75.9 Å². The number of likely N-dealkylation sites (tertiary alicyclic amines) is 1. The Labute approximate surface area is 284 Å². The quantitative estimate of drug-likeness (QED) is 0.305. The van der Waals surface area contributed by atoms with Gasteiger partial charge in [-0.25, -0.2) is 4.79 Å². The van der Waals surface area contributed by atoms with Crippen molar-refractivity contribution in [2.24, 2.45) is 5.92 Å². The maximum atomic E-state index is 14.6. The highest BCUT2D eigenvalue weighted by Gasteiger charge is 2.69. The average Bonchev–Trinajstić information content (AvgIpc) is 3.54. The maximum Gasteiger partial charge on any atom is 0.327 e. The number of phenols is 1. The van der Waals surface area contributed by atoms with Gasteiger partial charge in [-0.1, -0.05) is 49.4 Å². The van der Waals surface area contributed by atoms with Gasteiger partial charge in [0.1, 0.15) is 5.54 Å². The van der Waals surface area contributed by atoms with Crippen LogP contribution in [0.5, 0.6) is 11.5 Å². The number of ether oxygens (including phenoxy) is 1. The van der Waals surface area contributed by atoms with Gasteiger partial charge in [0.25, 0.3) is 5.91 Å². The average molecular weight is 650 g/mol. The lowest BCUT2D eigenvalue weighted by Gasteiger charge is -2.32. The number of benzene rings is 1. The van der Waals surface area contributed by atoms with Crippen LogP contribution in [-0.4, -0.2) is 94.0 Å². The van der Waals surface area contributed by atoms with Crippen molar-refractivity contribution >= 4 is 11.9 Å². The van der Waals surface area contributed by atoms with Crippen LogP contribution in [0.25, 0.3) is 0 Å². The Hall–Kier alpha value is -4.63. The summed E-state index contributed by atoms with van der Waals surface area (Å²) in [4.78, 5) is 40.9. The molecule has 3 fully saturated rings. The van der Waals surface area contributed by atoms with Crippen molar-refractivity contribution in [3.63, 3.8) is 0 Å². The molecule has 1 unspecified atom stereocenters. The molecule has 3 saturated heterocycles. The first kappa shape index (κ1) is 33.3. The second kappa shape index (κ2) is 13.8. The van der Waals surface area contributed by atoms with Crippen LogP contribution in [0.3, 0.4) is 0 Å². The van der Waals surface area contributed by atoms with E-state index in [1.54, 1.807) is 24.5 Å². The van der Waals surface area contributed by atoms with Gasteiger partial charge < -0.3 is 19.6 Å². The number of nitrogens with zero attached hydrogens (tertiary/aromatic N) is 5. The first-order valence-corrected chi connectivity index (χ1v) is 16.9. The fraction of sp³-hybridized carbons (Fsp3) is 0.410. The molecular weight excluding hydrogens is 602 g/mol. The third-order valence-electron chi connectivity index (χ3n) is 10.4. The van der Waals surface area contributed by atoms with Crippen LogP contribution in [0.1, 0.15) is 43.7 Å². The Balaban J connectivity index is 1.34. The van der Waals surface area contributed by atoms with Gasteiger partial charge in [-0.15, -0.1) is 0 Å². The van der Waals surface area contributed by atoms with E-state index in [1.807, 2.05) is 43.3 Å². The number of carbonyl (C=O) groups excluding carboxylic acids is 2. The van der Waals surface area contributed by atoms with Crippen LogP contribution in [0.4, 0.5) is 4.79 Å². The van der Waals surface area contributed by atoms with Crippen LogP contribution in [0, 0.1) is 5.92 Å². The number of imide groups is 1. The predicted octanol–water partition coefficient (Wildman–Crippen LogP) is 5.86. The first-order chi connectivity index (χ1) is 23.2. The van der Waals surface area contributed by atoms with E-state index in [-0.39, 0.29) is 29.6 Å². The van der Waals surface area contributed by atoms with E-state index in [0.29, 0.717) is 44.8 Å². The second-order valence-electron chi connectivity index (χ2n) is 13.4. The number of hydrogen-bond donors (Lipinski definition) is 1. The number of amides is 3. The minimum atomic E-state index is -0.911. The Bertz CT molecular complexity index is 1690. The molecule has 9 nitrogen and oxygen atoms in total. The molecule has 1 N–H and O–H groups in total. The number of hydrogen-bond acceptors (Lipinski definition) is 7. The van der Waals surface area contributed by atoms with Crippen molar-refractivity contribution < 1.29 is 19.4 Å². The summed E-state index contributed by atoms with van der Waals surface area (Å²) in [6.07, 6.45) is 17.9. The Morgan fingerprint density at radius 3 is 2.54 bits per heavy atom. The molecule has 3 amide bonds. The summed E-state index contributed by atoms with van der Waals surface area (Å²) in [6.45, 7) is 8.35. The molecule has 1 spiro atoms. The van der Waals surface area contributed by atoms with Crippen molar-refractivity contribution in [3.05, 3.63) is 113 Å². The maximum absolute atomic E-state index is 14.6. The lowest BCUT2D eigenvalue weighted by atomic mass is 9.86. The fourth-order valence-corrected chi connectivity index (χ4v) is 8.22. The van der Waals surface area contributed by atoms with E-state index >= 15 is 0 Å². The van der Waals surface area contributed by atoms with Gasteiger partial charge >= 0.3 is 6.03 Å². The topological polar surface area (TPSA) is 89.4 Å². The number of carbonyl (C=O) groups is 2. The second-order valence-corrected chi connectivity index (χ2v) is 13.4. The van der Waals surface area contributed by atoms with Gasteiger partial charge in [0.2, 0.25) is 0 Å². The third kappa shape index (κ3) is 5.96. The lowest BCUT2D eigenvalue weighted by Crippen LogP contribution is -2.53. The number of pyridine rings is 1. The van der Waals surface area contributed by atoms with E-state index in [0.717, 1.165) is 41.7 Å². The SMILES string of the molecule is C=C/C(=C1/C=CCC=C/C1=C(/CC)CC1C[C@@H]2CN(Cc3ccc(OC)c(O)c3)C[C@@]23C(=O)N(CCc2ccncc2)C(=O)N13)N(C)C. The summed E-state index contributed by atoms with van der Waals surface area (Å²) >= 11 is 0. The molecule has 1 aromatic heterocycles. The molecule has 3 aliphatic heterocycles. The molecule has 0 bridgehead atoms. The van der Waals surface area contributed by atoms with E-state index in [2.05, 4.69) is 52.6 Å². The van der Waals surface area contributed by atoms with Gasteiger partial charge in [-0.05, 0) is 79.1 Å². The van der Waals surface area contributed by atoms with E-state index in [9.17, 15) is 14.7 Å². The van der Waals surface area contributed by atoms with Crippen LogP contribution in [0.2, 0.25) is 0 Å². The Kier molecular flexibility index (Phi) is 9.60. The van der Waals surface area contributed by atoms with Crippen LogP contribution >= 0.6 is 0 Å². The predicted molar refractivity (Wildman–Crippen MR) is 187 cm³/mol. The van der Waals surface area contributed by atoms with Crippen molar-refractivity contribution in [3.8, 4) is 11.5 Å². The molecular formula is C39H47N5O4. The molecule has 6 rings (SSSR count). The lowest BCUT2D eigenvalue weighted by molar-refractivity contribution is -0.133. The van der Waals surface area contributed by atoms with Crippen LogP contribution in [-0.2, 0) is 17.8 Å². The number of likely N-dealkylation sites (N-methyl/N-ethyl adjacent to an activating group) is 1. The molecule has 9 heteroatoms. The highest BCUT2D eigenvalue weighted by atomic mass is 16.5. The Morgan fingerprint density at radius 1 is 1.12 bits per heavy atom. The number of phenolic OH excluding ortho intramolecular Hbond substituents is 1. The zero-order valence-corrected chi connectivity index (χ0v) is 28.6.